The van der Waals surface area contributed by atoms with Crippen LogP contribution in [0.1, 0.15) is 59.3 Å². The maximum Gasteiger partial charge on any atom is 0.317 e. The molecule has 20 heavy (non-hydrogen) atoms. The Morgan fingerprint density at radius 2 is 1.85 bits per heavy atom. The SMILES string of the molecule is CCN(CC(=O)O)C1CC(NC2CCC(C)(C)CC2)C1. The van der Waals surface area contributed by atoms with Gasteiger partial charge in [-0.05, 0) is 50.5 Å². The zero-order chi connectivity index (χ0) is 14.8. The Morgan fingerprint density at radius 3 is 2.35 bits per heavy atom. The van der Waals surface area contributed by atoms with Gasteiger partial charge < -0.3 is 10.4 Å². The first-order chi connectivity index (χ1) is 9.39. The monoisotopic (exact) mass is 282 g/mol. The molecule has 2 rings (SSSR count). The molecule has 0 heterocycles. The zero-order valence-corrected chi connectivity index (χ0v) is 13.2. The maximum atomic E-state index is 10.8. The van der Waals surface area contributed by atoms with Gasteiger partial charge in [0.25, 0.3) is 0 Å². The van der Waals surface area contributed by atoms with Crippen LogP contribution < -0.4 is 5.32 Å². The van der Waals surface area contributed by atoms with Gasteiger partial charge in [-0.25, -0.2) is 0 Å². The van der Waals surface area contributed by atoms with Crippen LogP contribution in [0.4, 0.5) is 0 Å². The number of hydrogen-bond acceptors (Lipinski definition) is 3. The molecule has 0 aromatic carbocycles. The molecule has 4 heteroatoms. The van der Waals surface area contributed by atoms with E-state index in [1.807, 2.05) is 6.92 Å². The van der Waals surface area contributed by atoms with E-state index >= 15 is 0 Å². The highest BCUT2D eigenvalue weighted by molar-refractivity contribution is 5.69. The number of likely N-dealkylation sites (N-methyl/N-ethyl adjacent to an activating group) is 1. The van der Waals surface area contributed by atoms with E-state index in [9.17, 15) is 4.79 Å². The van der Waals surface area contributed by atoms with Crippen LogP contribution in [-0.2, 0) is 4.79 Å². The van der Waals surface area contributed by atoms with Crippen molar-refractivity contribution in [3.05, 3.63) is 0 Å². The highest BCUT2D eigenvalue weighted by Crippen LogP contribution is 2.36. The number of rotatable bonds is 6. The predicted octanol–water partition coefficient (Wildman–Crippen LogP) is 2.48. The number of nitrogens with zero attached hydrogens (tertiary/aromatic N) is 1. The fourth-order valence-corrected chi connectivity index (χ4v) is 3.59. The third-order valence-electron chi connectivity index (χ3n) is 5.18. The number of aliphatic carboxylic acids is 1. The molecule has 2 aliphatic rings. The first kappa shape index (κ1) is 15.8. The van der Waals surface area contributed by atoms with Crippen LogP contribution in [0.3, 0.4) is 0 Å². The molecule has 0 bridgehead atoms. The van der Waals surface area contributed by atoms with Crippen molar-refractivity contribution in [3.8, 4) is 0 Å². The number of carboxylic acid groups (broad SMARTS) is 1. The smallest absolute Gasteiger partial charge is 0.317 e. The minimum Gasteiger partial charge on any atom is -0.480 e. The summed E-state index contributed by atoms with van der Waals surface area (Å²) in [6.45, 7) is 7.81. The van der Waals surface area contributed by atoms with Crippen molar-refractivity contribution in [1.82, 2.24) is 10.2 Å². The molecule has 4 nitrogen and oxygen atoms in total. The summed E-state index contributed by atoms with van der Waals surface area (Å²) in [6.07, 6.45) is 7.45. The number of hydrogen-bond donors (Lipinski definition) is 2. The lowest BCUT2D eigenvalue weighted by Gasteiger charge is -2.45. The molecular formula is C16H30N2O2. The second kappa shape index (κ2) is 6.44. The van der Waals surface area contributed by atoms with Crippen molar-refractivity contribution in [2.75, 3.05) is 13.1 Å². The molecule has 0 aliphatic heterocycles. The molecule has 0 radical (unpaired) electrons. The fourth-order valence-electron chi connectivity index (χ4n) is 3.59. The summed E-state index contributed by atoms with van der Waals surface area (Å²) < 4.78 is 0. The van der Waals surface area contributed by atoms with E-state index in [2.05, 4.69) is 24.1 Å². The molecule has 2 aliphatic carbocycles. The van der Waals surface area contributed by atoms with Crippen LogP contribution >= 0.6 is 0 Å². The lowest BCUT2D eigenvalue weighted by Crippen LogP contribution is -2.56. The van der Waals surface area contributed by atoms with E-state index in [1.165, 1.54) is 25.7 Å². The molecule has 2 saturated carbocycles. The van der Waals surface area contributed by atoms with Crippen LogP contribution in [-0.4, -0.2) is 47.2 Å². The van der Waals surface area contributed by atoms with Crippen molar-refractivity contribution in [2.45, 2.75) is 77.4 Å². The summed E-state index contributed by atoms with van der Waals surface area (Å²) in [6, 6.07) is 1.76. The summed E-state index contributed by atoms with van der Waals surface area (Å²) in [5.41, 5.74) is 0.529. The van der Waals surface area contributed by atoms with Gasteiger partial charge in [0.05, 0.1) is 6.54 Å². The van der Waals surface area contributed by atoms with E-state index in [-0.39, 0.29) is 6.54 Å². The molecule has 2 N–H and O–H groups in total. The average molecular weight is 282 g/mol. The van der Waals surface area contributed by atoms with Gasteiger partial charge in [-0.15, -0.1) is 0 Å². The van der Waals surface area contributed by atoms with Crippen molar-refractivity contribution < 1.29 is 9.90 Å². The van der Waals surface area contributed by atoms with Gasteiger partial charge in [0.2, 0.25) is 0 Å². The Balaban J connectivity index is 1.68. The maximum absolute atomic E-state index is 10.8. The van der Waals surface area contributed by atoms with Gasteiger partial charge in [-0.3, -0.25) is 9.69 Å². The third-order valence-corrected chi connectivity index (χ3v) is 5.18. The van der Waals surface area contributed by atoms with Crippen molar-refractivity contribution in [2.24, 2.45) is 5.41 Å². The van der Waals surface area contributed by atoms with Gasteiger partial charge in [-0.1, -0.05) is 20.8 Å². The topological polar surface area (TPSA) is 52.6 Å². The molecule has 0 saturated heterocycles. The predicted molar refractivity (Wildman–Crippen MR) is 80.9 cm³/mol. The van der Waals surface area contributed by atoms with Gasteiger partial charge in [0, 0.05) is 18.1 Å². The average Bonchev–Trinajstić information content (AvgIpc) is 2.32. The van der Waals surface area contributed by atoms with Crippen molar-refractivity contribution in [1.29, 1.82) is 0 Å². The molecule has 0 spiro atoms. The Hall–Kier alpha value is -0.610. The highest BCUT2D eigenvalue weighted by Gasteiger charge is 2.36. The molecule has 0 unspecified atom stereocenters. The van der Waals surface area contributed by atoms with Crippen LogP contribution in [0.2, 0.25) is 0 Å². The van der Waals surface area contributed by atoms with Crippen LogP contribution in [0.15, 0.2) is 0 Å². The summed E-state index contributed by atoms with van der Waals surface area (Å²) in [5.74, 6) is -0.710. The number of carboxylic acids is 1. The van der Waals surface area contributed by atoms with E-state index in [4.69, 9.17) is 5.11 Å². The number of carbonyl (C=O) groups is 1. The standard InChI is InChI=1S/C16H30N2O2/c1-4-18(11-15(19)20)14-9-13(10-14)17-12-5-7-16(2,3)8-6-12/h12-14,17H,4-11H2,1-3H3,(H,19,20). The Morgan fingerprint density at radius 1 is 1.25 bits per heavy atom. The molecule has 2 fully saturated rings. The normalized spacial score (nSPS) is 30.2. The van der Waals surface area contributed by atoms with E-state index < -0.39 is 5.97 Å². The highest BCUT2D eigenvalue weighted by atomic mass is 16.4. The first-order valence-electron chi connectivity index (χ1n) is 8.11. The third kappa shape index (κ3) is 4.19. The van der Waals surface area contributed by atoms with E-state index in [0.717, 1.165) is 19.4 Å². The Bertz CT molecular complexity index is 327. The van der Waals surface area contributed by atoms with Gasteiger partial charge in [0.1, 0.15) is 0 Å². The lowest BCUT2D eigenvalue weighted by atomic mass is 9.75. The Labute approximate surface area is 122 Å². The van der Waals surface area contributed by atoms with Crippen LogP contribution in [0, 0.1) is 5.41 Å². The summed E-state index contributed by atoms with van der Waals surface area (Å²) in [7, 11) is 0. The fraction of sp³-hybridized carbons (Fsp3) is 0.938. The quantitative estimate of drug-likeness (QED) is 0.786. The minimum atomic E-state index is -0.710. The van der Waals surface area contributed by atoms with Crippen molar-refractivity contribution in [3.63, 3.8) is 0 Å². The Kier molecular flexibility index (Phi) is 5.08. The van der Waals surface area contributed by atoms with Gasteiger partial charge >= 0.3 is 5.97 Å². The zero-order valence-electron chi connectivity index (χ0n) is 13.2. The summed E-state index contributed by atoms with van der Waals surface area (Å²) in [4.78, 5) is 12.9. The van der Waals surface area contributed by atoms with E-state index in [0.29, 0.717) is 23.5 Å². The lowest BCUT2D eigenvalue weighted by molar-refractivity contribution is -0.139. The number of nitrogens with one attached hydrogen (secondary N) is 1. The van der Waals surface area contributed by atoms with Crippen LogP contribution in [0.5, 0.6) is 0 Å². The second-order valence-corrected chi connectivity index (χ2v) is 7.38. The second-order valence-electron chi connectivity index (χ2n) is 7.38. The molecular weight excluding hydrogens is 252 g/mol. The molecule has 116 valence electrons. The van der Waals surface area contributed by atoms with Gasteiger partial charge in [-0.2, -0.15) is 0 Å². The molecule has 0 atom stereocenters. The minimum absolute atomic E-state index is 0.186. The van der Waals surface area contributed by atoms with Crippen molar-refractivity contribution >= 4 is 5.97 Å². The first-order valence-corrected chi connectivity index (χ1v) is 8.11. The van der Waals surface area contributed by atoms with Crippen LogP contribution in [0.25, 0.3) is 0 Å². The largest absolute Gasteiger partial charge is 0.480 e. The molecule has 0 aromatic heterocycles. The summed E-state index contributed by atoms with van der Waals surface area (Å²) in [5, 5.41) is 12.7. The van der Waals surface area contributed by atoms with E-state index in [1.54, 1.807) is 0 Å². The molecule has 0 amide bonds. The summed E-state index contributed by atoms with van der Waals surface area (Å²) >= 11 is 0. The van der Waals surface area contributed by atoms with Gasteiger partial charge in [0.15, 0.2) is 0 Å². The molecule has 0 aromatic rings.